The monoisotopic (exact) mass is 596 g/mol. The molecule has 3 atom stereocenters. The van der Waals surface area contributed by atoms with Gasteiger partial charge in [-0.15, -0.1) is 11.8 Å². The maximum atomic E-state index is 14.1. The Hall–Kier alpha value is -3.24. The van der Waals surface area contributed by atoms with Crippen LogP contribution in [0.2, 0.25) is 0 Å². The minimum atomic E-state index is -0.170. The summed E-state index contributed by atoms with van der Waals surface area (Å²) in [4.78, 5) is 33.3. The van der Waals surface area contributed by atoms with E-state index in [0.29, 0.717) is 35.1 Å². The number of methoxy groups -OCH3 is 2. The molecule has 2 saturated heterocycles. The second-order valence-corrected chi connectivity index (χ2v) is 12.5. The summed E-state index contributed by atoms with van der Waals surface area (Å²) in [6, 6.07) is 12.6. The van der Waals surface area contributed by atoms with Gasteiger partial charge in [0.1, 0.15) is 5.82 Å². The van der Waals surface area contributed by atoms with Crippen LogP contribution >= 0.6 is 11.8 Å². The molecule has 0 aromatic heterocycles. The predicted octanol–water partition coefficient (Wildman–Crippen LogP) is 4.25. The Kier molecular flexibility index (Phi) is 9.95. The van der Waals surface area contributed by atoms with Crippen molar-refractivity contribution < 1.29 is 23.5 Å². The molecule has 3 fully saturated rings. The summed E-state index contributed by atoms with van der Waals surface area (Å²) in [5, 5.41) is 3.42. The number of carbonyl (C=O) groups is 2. The zero-order chi connectivity index (χ0) is 29.6. The van der Waals surface area contributed by atoms with E-state index in [-0.39, 0.29) is 34.8 Å². The van der Waals surface area contributed by atoms with Crippen molar-refractivity contribution in [1.29, 1.82) is 0 Å². The molecule has 0 radical (unpaired) electrons. The molecule has 8 nitrogen and oxygen atoms in total. The van der Waals surface area contributed by atoms with Crippen molar-refractivity contribution >= 4 is 35.3 Å². The number of likely N-dealkylation sites (N-methyl/N-ethyl adjacent to an activating group) is 1. The Morgan fingerprint density at radius 3 is 2.57 bits per heavy atom. The number of nitrogens with one attached hydrogen (secondary N) is 1. The van der Waals surface area contributed by atoms with E-state index in [1.54, 1.807) is 32.0 Å². The molecular formula is C32H41FN4O4S. The van der Waals surface area contributed by atoms with Crippen molar-refractivity contribution in [3.05, 3.63) is 58.8 Å². The maximum Gasteiger partial charge on any atom is 0.260 e. The number of anilines is 1. The van der Waals surface area contributed by atoms with Crippen LogP contribution in [0.15, 0.2) is 47.4 Å². The van der Waals surface area contributed by atoms with Gasteiger partial charge in [-0.3, -0.25) is 14.5 Å². The third kappa shape index (κ3) is 6.86. The number of thioether (sulfide) groups is 1. The zero-order valence-electron chi connectivity index (χ0n) is 24.7. The number of para-hydroxylation sites is 1. The normalized spacial score (nSPS) is 24.0. The third-order valence-electron chi connectivity index (χ3n) is 8.65. The van der Waals surface area contributed by atoms with Gasteiger partial charge in [0.15, 0.2) is 11.5 Å². The molecule has 2 aromatic carbocycles. The standard InChI is InChI=1S/C32H41FN4O4S/c1-35-26-21-23(10-12-29(26)42-30(32(35)39)20-22-9-11-27(40-2)28(19-22)41-3)31(38)34-13-6-14-36-15-17-37(18-16-36)25-8-5-4-7-24(25)33/h4-5,7-9,11,19-20,23,26,29H,6,10,12-18,21H2,1-3H3,(H,34,38)/b30-20-. The summed E-state index contributed by atoms with van der Waals surface area (Å²) < 4.78 is 24.8. The summed E-state index contributed by atoms with van der Waals surface area (Å²) in [5.74, 6) is 1.11. The molecule has 2 heterocycles. The van der Waals surface area contributed by atoms with Gasteiger partial charge < -0.3 is 24.6 Å². The lowest BCUT2D eigenvalue weighted by molar-refractivity contribution is -0.131. The first kappa shape index (κ1) is 30.2. The van der Waals surface area contributed by atoms with E-state index in [0.717, 1.165) is 57.5 Å². The fourth-order valence-electron chi connectivity index (χ4n) is 6.21. The smallest absolute Gasteiger partial charge is 0.260 e. The first-order chi connectivity index (χ1) is 20.4. The minimum Gasteiger partial charge on any atom is -0.493 e. The van der Waals surface area contributed by atoms with Gasteiger partial charge in [0.25, 0.3) is 5.91 Å². The summed E-state index contributed by atoms with van der Waals surface area (Å²) in [5.41, 5.74) is 1.56. The Balaban J connectivity index is 1.06. The lowest BCUT2D eigenvalue weighted by Crippen LogP contribution is -2.52. The Morgan fingerprint density at radius 1 is 1.07 bits per heavy atom. The van der Waals surface area contributed by atoms with Gasteiger partial charge in [-0.25, -0.2) is 4.39 Å². The van der Waals surface area contributed by atoms with Crippen LogP contribution in [0.3, 0.4) is 0 Å². The van der Waals surface area contributed by atoms with Gasteiger partial charge in [-0.1, -0.05) is 18.2 Å². The molecule has 3 unspecified atom stereocenters. The minimum absolute atomic E-state index is 0.00723. The SMILES string of the molecule is COc1ccc(/C=C2\SC3CCC(C(=O)NCCCN4CCN(c5ccccc5F)CC4)CC3N(C)C2=O)cc1OC. The highest BCUT2D eigenvalue weighted by Crippen LogP contribution is 2.43. The number of nitrogens with zero attached hydrogens (tertiary/aromatic N) is 3. The van der Waals surface area contributed by atoms with Crippen LogP contribution < -0.4 is 19.7 Å². The molecule has 1 N–H and O–H groups in total. The zero-order valence-corrected chi connectivity index (χ0v) is 25.5. The van der Waals surface area contributed by atoms with Gasteiger partial charge in [0.05, 0.1) is 24.8 Å². The van der Waals surface area contributed by atoms with E-state index in [4.69, 9.17) is 9.47 Å². The molecular weight excluding hydrogens is 555 g/mol. The molecule has 2 aliphatic heterocycles. The largest absolute Gasteiger partial charge is 0.493 e. The quantitative estimate of drug-likeness (QED) is 0.343. The Morgan fingerprint density at radius 2 is 1.83 bits per heavy atom. The fraction of sp³-hybridized carbons (Fsp3) is 0.500. The molecule has 1 saturated carbocycles. The second-order valence-electron chi connectivity index (χ2n) is 11.2. The average Bonchev–Trinajstić information content (AvgIpc) is 3.02. The maximum absolute atomic E-state index is 14.1. The number of hydrogen-bond donors (Lipinski definition) is 1. The molecule has 0 spiro atoms. The van der Waals surface area contributed by atoms with Crippen LogP contribution in [0.5, 0.6) is 11.5 Å². The molecule has 42 heavy (non-hydrogen) atoms. The van der Waals surface area contributed by atoms with Gasteiger partial charge in [-0.2, -0.15) is 0 Å². The molecule has 0 bridgehead atoms. The first-order valence-electron chi connectivity index (χ1n) is 14.7. The number of fused-ring (bicyclic) bond motifs is 1. The number of carbonyl (C=O) groups excluding carboxylic acids is 2. The second kappa shape index (κ2) is 13.8. The lowest BCUT2D eigenvalue weighted by atomic mass is 9.83. The van der Waals surface area contributed by atoms with Crippen molar-refractivity contribution in [1.82, 2.24) is 15.1 Å². The first-order valence-corrected chi connectivity index (χ1v) is 15.6. The highest BCUT2D eigenvalue weighted by atomic mass is 32.2. The van der Waals surface area contributed by atoms with Crippen LogP contribution in [0.1, 0.15) is 31.2 Å². The highest BCUT2D eigenvalue weighted by molar-refractivity contribution is 8.04. The lowest BCUT2D eigenvalue weighted by Gasteiger charge is -2.44. The van der Waals surface area contributed by atoms with Crippen molar-refractivity contribution in [2.24, 2.45) is 5.92 Å². The van der Waals surface area contributed by atoms with Crippen LogP contribution in [0.4, 0.5) is 10.1 Å². The number of rotatable bonds is 9. The van der Waals surface area contributed by atoms with Gasteiger partial charge >= 0.3 is 0 Å². The van der Waals surface area contributed by atoms with Crippen LogP contribution in [-0.4, -0.2) is 93.4 Å². The molecule has 2 aromatic rings. The average molecular weight is 597 g/mol. The van der Waals surface area contributed by atoms with Gasteiger partial charge in [-0.05, 0) is 68.1 Å². The summed E-state index contributed by atoms with van der Waals surface area (Å²) in [6.45, 7) is 4.91. The molecule has 2 amide bonds. The van der Waals surface area contributed by atoms with Crippen molar-refractivity contribution in [3.8, 4) is 11.5 Å². The van der Waals surface area contributed by atoms with Crippen molar-refractivity contribution in [2.75, 3.05) is 65.4 Å². The third-order valence-corrected chi connectivity index (χ3v) is 10.1. The number of halogens is 1. The number of piperazine rings is 1. The van der Waals surface area contributed by atoms with E-state index in [1.807, 2.05) is 48.4 Å². The van der Waals surface area contributed by atoms with Gasteiger partial charge in [0.2, 0.25) is 5.91 Å². The highest BCUT2D eigenvalue weighted by Gasteiger charge is 2.42. The number of benzene rings is 2. The van der Waals surface area contributed by atoms with Crippen molar-refractivity contribution in [3.63, 3.8) is 0 Å². The summed E-state index contributed by atoms with van der Waals surface area (Å²) >= 11 is 1.63. The van der Waals surface area contributed by atoms with Gasteiger partial charge in [0, 0.05) is 57.0 Å². The van der Waals surface area contributed by atoms with Crippen LogP contribution in [0.25, 0.3) is 6.08 Å². The molecule has 5 rings (SSSR count). The topological polar surface area (TPSA) is 74.4 Å². The van der Waals surface area contributed by atoms with Crippen LogP contribution in [0, 0.1) is 11.7 Å². The molecule has 3 aliphatic rings. The Labute approximate surface area is 252 Å². The molecule has 226 valence electrons. The van der Waals surface area contributed by atoms with E-state index in [1.165, 1.54) is 6.07 Å². The van der Waals surface area contributed by atoms with Crippen molar-refractivity contribution in [2.45, 2.75) is 37.0 Å². The molecule has 1 aliphatic carbocycles. The van der Waals surface area contributed by atoms with E-state index < -0.39 is 0 Å². The number of ether oxygens (including phenoxy) is 2. The molecule has 10 heteroatoms. The fourth-order valence-corrected chi connectivity index (χ4v) is 7.69. The summed E-state index contributed by atoms with van der Waals surface area (Å²) in [7, 11) is 5.05. The van der Waals surface area contributed by atoms with E-state index in [2.05, 4.69) is 15.1 Å². The number of hydrogen-bond acceptors (Lipinski definition) is 7. The Bertz CT molecular complexity index is 1300. The number of amides is 2. The summed E-state index contributed by atoms with van der Waals surface area (Å²) in [6.07, 6.45) is 5.20. The van der Waals surface area contributed by atoms with Crippen LogP contribution in [-0.2, 0) is 9.59 Å². The predicted molar refractivity (Wildman–Crippen MR) is 165 cm³/mol. The van der Waals surface area contributed by atoms with E-state index >= 15 is 0 Å². The van der Waals surface area contributed by atoms with E-state index in [9.17, 15) is 14.0 Å².